The summed E-state index contributed by atoms with van der Waals surface area (Å²) in [6.07, 6.45) is 0.339. The van der Waals surface area contributed by atoms with E-state index in [1.54, 1.807) is 41.5 Å². The zero-order valence-electron chi connectivity index (χ0n) is 14.6. The van der Waals surface area contributed by atoms with Crippen LogP contribution in [0.15, 0.2) is 11.5 Å². The number of carbonyl (C=O) groups excluding carboxylic acids is 2. The van der Waals surface area contributed by atoms with Gasteiger partial charge < -0.3 is 14.8 Å². The molecule has 0 saturated heterocycles. The number of carbonyl (C=O) groups is 2. The molecule has 0 bridgehead atoms. The number of sulfone groups is 1. The Bertz CT molecular complexity index is 531. The monoisotopic (exact) mass is 349 g/mol. The maximum Gasteiger partial charge on any atom is 0.408 e. The summed E-state index contributed by atoms with van der Waals surface area (Å²) in [4.78, 5) is 23.4. The molecule has 0 aliphatic heterocycles. The maximum atomic E-state index is 11.8. The zero-order valence-corrected chi connectivity index (χ0v) is 15.4. The average molecular weight is 349 g/mol. The van der Waals surface area contributed by atoms with Crippen LogP contribution in [-0.4, -0.2) is 44.0 Å². The minimum absolute atomic E-state index is 0.183. The van der Waals surface area contributed by atoms with Crippen molar-refractivity contribution in [2.24, 2.45) is 0 Å². The van der Waals surface area contributed by atoms with Crippen LogP contribution < -0.4 is 5.32 Å². The molecule has 0 aliphatic rings. The lowest BCUT2D eigenvalue weighted by Crippen LogP contribution is -2.39. The Balaban J connectivity index is 5.06. The van der Waals surface area contributed by atoms with Crippen molar-refractivity contribution in [3.05, 3.63) is 11.5 Å². The molecule has 134 valence electrons. The summed E-state index contributed by atoms with van der Waals surface area (Å²) >= 11 is 0. The van der Waals surface area contributed by atoms with E-state index in [4.69, 9.17) is 9.47 Å². The van der Waals surface area contributed by atoms with Crippen LogP contribution in [0.2, 0.25) is 0 Å². The van der Waals surface area contributed by atoms with E-state index >= 15 is 0 Å². The van der Waals surface area contributed by atoms with E-state index in [9.17, 15) is 18.0 Å². The van der Waals surface area contributed by atoms with Crippen LogP contribution in [0.5, 0.6) is 0 Å². The Hall–Kier alpha value is -1.57. The topological polar surface area (TPSA) is 98.8 Å². The highest BCUT2D eigenvalue weighted by Crippen LogP contribution is 2.09. The first-order valence-electron chi connectivity index (χ1n) is 7.44. The van der Waals surface area contributed by atoms with E-state index in [1.165, 1.54) is 6.08 Å². The molecule has 0 aromatic carbocycles. The van der Waals surface area contributed by atoms with Crippen molar-refractivity contribution in [1.29, 1.82) is 0 Å². The van der Waals surface area contributed by atoms with Gasteiger partial charge in [0.15, 0.2) is 9.84 Å². The molecule has 0 spiro atoms. The van der Waals surface area contributed by atoms with E-state index in [0.29, 0.717) is 0 Å². The third-order valence-corrected chi connectivity index (χ3v) is 4.40. The second kappa shape index (κ2) is 8.90. The van der Waals surface area contributed by atoms with Gasteiger partial charge >= 0.3 is 12.1 Å². The highest BCUT2D eigenvalue weighted by atomic mass is 32.2. The summed E-state index contributed by atoms with van der Waals surface area (Å²) in [5, 5.41) is 2.87. The van der Waals surface area contributed by atoms with Gasteiger partial charge in [-0.1, -0.05) is 6.08 Å². The lowest BCUT2D eigenvalue weighted by Gasteiger charge is -2.22. The molecule has 0 aromatic rings. The van der Waals surface area contributed by atoms with Gasteiger partial charge in [0.25, 0.3) is 0 Å². The summed E-state index contributed by atoms with van der Waals surface area (Å²) in [7, 11) is -3.44. The standard InChI is InChI=1S/C15H27NO6S/c1-7-21-13(17)10-12(8-9-23(19,20)11(2)3)16-14(18)22-15(4,5)6/h8-9,11-12H,7,10H2,1-6H3,(H,16,18)/t12-/m1/s1. The molecule has 0 unspecified atom stereocenters. The molecule has 0 heterocycles. The smallest absolute Gasteiger partial charge is 0.408 e. The van der Waals surface area contributed by atoms with Crippen molar-refractivity contribution in [1.82, 2.24) is 5.32 Å². The number of ether oxygens (including phenoxy) is 2. The molecule has 0 aromatic heterocycles. The molecule has 1 atom stereocenters. The third-order valence-electron chi connectivity index (χ3n) is 2.55. The lowest BCUT2D eigenvalue weighted by molar-refractivity contribution is -0.143. The molecule has 0 rings (SSSR count). The van der Waals surface area contributed by atoms with Crippen molar-refractivity contribution in [3.63, 3.8) is 0 Å². The van der Waals surface area contributed by atoms with Gasteiger partial charge in [-0.05, 0) is 41.5 Å². The highest BCUT2D eigenvalue weighted by molar-refractivity contribution is 7.94. The number of esters is 1. The Morgan fingerprint density at radius 3 is 2.22 bits per heavy atom. The molecule has 7 nitrogen and oxygen atoms in total. The number of rotatable bonds is 7. The van der Waals surface area contributed by atoms with Gasteiger partial charge in [-0.3, -0.25) is 4.79 Å². The normalized spacial score (nSPS) is 13.9. The van der Waals surface area contributed by atoms with E-state index in [0.717, 1.165) is 5.41 Å². The van der Waals surface area contributed by atoms with Crippen LogP contribution in [0.4, 0.5) is 4.79 Å². The van der Waals surface area contributed by atoms with E-state index in [-0.39, 0.29) is 13.0 Å². The SMILES string of the molecule is CCOC(=O)C[C@@H](C=CS(=O)(=O)C(C)C)NC(=O)OC(C)(C)C. The minimum atomic E-state index is -3.44. The lowest BCUT2D eigenvalue weighted by atomic mass is 10.2. The number of alkyl carbamates (subject to hydrolysis) is 1. The first-order chi connectivity index (χ1) is 10.4. The number of amides is 1. The molecule has 0 fully saturated rings. The predicted molar refractivity (Wildman–Crippen MR) is 87.6 cm³/mol. The van der Waals surface area contributed by atoms with Crippen molar-refractivity contribution in [3.8, 4) is 0 Å². The Kier molecular flexibility index (Phi) is 8.30. The fraction of sp³-hybridized carbons (Fsp3) is 0.733. The van der Waals surface area contributed by atoms with E-state index in [1.807, 2.05) is 0 Å². The fourth-order valence-electron chi connectivity index (χ4n) is 1.39. The fourth-order valence-corrected chi connectivity index (χ4v) is 2.11. The Morgan fingerprint density at radius 1 is 1.22 bits per heavy atom. The predicted octanol–water partition coefficient (Wildman–Crippen LogP) is 2.17. The van der Waals surface area contributed by atoms with Crippen molar-refractivity contribution in [2.75, 3.05) is 6.61 Å². The van der Waals surface area contributed by atoms with Gasteiger partial charge in [-0.25, -0.2) is 13.2 Å². The Labute approximate surface area is 138 Å². The van der Waals surface area contributed by atoms with Crippen LogP contribution in [0, 0.1) is 0 Å². The molecular formula is C15H27NO6S. The van der Waals surface area contributed by atoms with E-state index < -0.39 is 38.8 Å². The van der Waals surface area contributed by atoms with Gasteiger partial charge in [0.2, 0.25) is 0 Å². The van der Waals surface area contributed by atoms with Crippen LogP contribution in [-0.2, 0) is 24.1 Å². The molecule has 0 aliphatic carbocycles. The van der Waals surface area contributed by atoms with Gasteiger partial charge in [0, 0.05) is 5.41 Å². The first kappa shape index (κ1) is 21.4. The van der Waals surface area contributed by atoms with Crippen LogP contribution in [0.25, 0.3) is 0 Å². The Morgan fingerprint density at radius 2 is 1.78 bits per heavy atom. The molecule has 1 N–H and O–H groups in total. The molecule has 0 saturated carbocycles. The molecule has 8 heteroatoms. The minimum Gasteiger partial charge on any atom is -0.466 e. The van der Waals surface area contributed by atoms with Crippen molar-refractivity contribution >= 4 is 21.9 Å². The quantitative estimate of drug-likeness (QED) is 0.707. The van der Waals surface area contributed by atoms with Crippen molar-refractivity contribution < 1.29 is 27.5 Å². The van der Waals surface area contributed by atoms with Crippen LogP contribution in [0.1, 0.15) is 48.0 Å². The third kappa shape index (κ3) is 9.93. The van der Waals surface area contributed by atoms with Gasteiger partial charge in [-0.15, -0.1) is 0 Å². The summed E-state index contributed by atoms with van der Waals surface area (Å²) in [5.41, 5.74) is -0.702. The second-order valence-electron chi connectivity index (χ2n) is 6.23. The second-order valence-corrected chi connectivity index (χ2v) is 8.62. The van der Waals surface area contributed by atoms with Gasteiger partial charge in [0.05, 0.1) is 24.3 Å². The number of nitrogens with one attached hydrogen (secondary N) is 1. The van der Waals surface area contributed by atoms with Gasteiger partial charge in [0.1, 0.15) is 5.60 Å². The van der Waals surface area contributed by atoms with E-state index in [2.05, 4.69) is 5.32 Å². The zero-order chi connectivity index (χ0) is 18.3. The first-order valence-corrected chi connectivity index (χ1v) is 9.05. The van der Waals surface area contributed by atoms with Crippen LogP contribution >= 0.6 is 0 Å². The average Bonchev–Trinajstić information content (AvgIpc) is 2.33. The molecular weight excluding hydrogens is 322 g/mol. The summed E-state index contributed by atoms with van der Waals surface area (Å²) in [5.74, 6) is -0.542. The van der Waals surface area contributed by atoms with Gasteiger partial charge in [-0.2, -0.15) is 0 Å². The molecule has 0 radical (unpaired) electrons. The summed E-state index contributed by atoms with van der Waals surface area (Å²) < 4.78 is 33.6. The van der Waals surface area contributed by atoms with Crippen LogP contribution in [0.3, 0.4) is 0 Å². The highest BCUT2D eigenvalue weighted by Gasteiger charge is 2.21. The molecule has 23 heavy (non-hydrogen) atoms. The molecule has 1 amide bonds. The van der Waals surface area contributed by atoms with Crippen molar-refractivity contribution in [2.45, 2.75) is 64.9 Å². The summed E-state index contributed by atoms with van der Waals surface area (Å²) in [6.45, 7) is 10.0. The number of hydrogen-bond donors (Lipinski definition) is 1. The maximum absolute atomic E-state index is 11.8. The largest absolute Gasteiger partial charge is 0.466 e. The summed E-state index contributed by atoms with van der Waals surface area (Å²) in [6, 6.07) is -0.836. The number of hydrogen-bond acceptors (Lipinski definition) is 6.